The molecule has 0 nitrogen and oxygen atoms in total. The molecule has 1 heteroatoms. The lowest BCUT2D eigenvalue weighted by molar-refractivity contribution is 0.405. The first-order valence-electron chi connectivity index (χ1n) is 11.2. The van der Waals surface area contributed by atoms with Crippen molar-refractivity contribution in [3.63, 3.8) is 0 Å². The van der Waals surface area contributed by atoms with E-state index in [0.29, 0.717) is 17.8 Å². The fourth-order valence-electron chi connectivity index (χ4n) is 5.50. The van der Waals surface area contributed by atoms with E-state index < -0.39 is 0 Å². The Labute approximate surface area is 179 Å². The Morgan fingerprint density at radius 2 is 1.90 bits per heavy atom. The Kier molecular flexibility index (Phi) is 5.50. The molecule has 148 valence electrons. The third-order valence-corrected chi connectivity index (χ3v) is 7.94. The zero-order chi connectivity index (χ0) is 19.6. The third-order valence-electron chi connectivity index (χ3n) is 6.95. The second-order valence-electron chi connectivity index (χ2n) is 8.74. The average molecular weight is 399 g/mol. The molecule has 5 rings (SSSR count). The minimum Gasteiger partial charge on any atom is -0.134 e. The van der Waals surface area contributed by atoms with Crippen molar-refractivity contribution in [1.29, 1.82) is 0 Å². The molecule has 1 heterocycles. The van der Waals surface area contributed by atoms with Crippen LogP contribution in [0.25, 0.3) is 5.57 Å². The van der Waals surface area contributed by atoms with Gasteiger partial charge in [0.2, 0.25) is 0 Å². The van der Waals surface area contributed by atoms with Gasteiger partial charge in [-0.1, -0.05) is 79.3 Å². The summed E-state index contributed by atoms with van der Waals surface area (Å²) < 4.78 is 0. The summed E-state index contributed by atoms with van der Waals surface area (Å²) >= 11 is 2.02. The second kappa shape index (κ2) is 8.40. The second-order valence-corrected chi connectivity index (χ2v) is 9.72. The van der Waals surface area contributed by atoms with Crippen LogP contribution in [0.4, 0.5) is 0 Å². The number of fused-ring (bicyclic) bond motifs is 1. The number of thioether (sulfide) groups is 1. The summed E-state index contributed by atoms with van der Waals surface area (Å²) in [6.07, 6.45) is 20.2. The highest BCUT2D eigenvalue weighted by molar-refractivity contribution is 8.02. The van der Waals surface area contributed by atoms with Crippen molar-refractivity contribution in [2.24, 2.45) is 17.8 Å². The van der Waals surface area contributed by atoms with Crippen LogP contribution in [0.2, 0.25) is 0 Å². The van der Waals surface area contributed by atoms with E-state index in [9.17, 15) is 0 Å². The Morgan fingerprint density at radius 3 is 2.66 bits per heavy atom. The van der Waals surface area contributed by atoms with Crippen molar-refractivity contribution in [3.05, 3.63) is 100 Å². The van der Waals surface area contributed by atoms with Gasteiger partial charge in [-0.15, -0.1) is 11.8 Å². The van der Waals surface area contributed by atoms with Crippen molar-refractivity contribution >= 4 is 17.3 Å². The van der Waals surface area contributed by atoms with E-state index in [1.165, 1.54) is 30.6 Å². The van der Waals surface area contributed by atoms with Crippen LogP contribution in [0.3, 0.4) is 0 Å². The lowest BCUT2D eigenvalue weighted by atomic mass is 9.62. The number of rotatable bonds is 3. The molecule has 0 spiro atoms. The molecule has 1 aromatic rings. The van der Waals surface area contributed by atoms with Crippen molar-refractivity contribution in [2.45, 2.75) is 39.0 Å². The summed E-state index contributed by atoms with van der Waals surface area (Å²) in [6.45, 7) is 2.41. The Hall–Kier alpha value is -1.99. The van der Waals surface area contributed by atoms with E-state index in [2.05, 4.69) is 79.1 Å². The molecule has 0 N–H and O–H groups in total. The Bertz CT molecular complexity index is 951. The van der Waals surface area contributed by atoms with E-state index in [0.717, 1.165) is 12.8 Å². The van der Waals surface area contributed by atoms with Crippen molar-refractivity contribution in [1.82, 2.24) is 0 Å². The van der Waals surface area contributed by atoms with Crippen LogP contribution in [0, 0.1) is 17.8 Å². The fraction of sp³-hybridized carbons (Fsp3) is 0.357. The largest absolute Gasteiger partial charge is 0.134 e. The first kappa shape index (κ1) is 19.0. The smallest absolute Gasteiger partial charge is 0.00744 e. The SMILES string of the molecule is CC1C=CC=C2C(C3=CC=CCC3)=C(c3ccccc3)C(C3=CSCCC3)CC21. The molecule has 3 atom stereocenters. The fourth-order valence-corrected chi connectivity index (χ4v) is 6.42. The summed E-state index contributed by atoms with van der Waals surface area (Å²) in [5.74, 6) is 3.06. The standard InChI is InChI=1S/C28H30S/c1-20-10-8-16-24-25(20)18-26(23-15-9-17-29-19-23)28(22-13-6-3-7-14-22)27(24)21-11-4-2-5-12-21/h2-4,6-8,10-11,13-14,16,19-20,25-26H,5,9,12,15,17-18H2,1H3. The molecule has 4 aliphatic rings. The Morgan fingerprint density at radius 1 is 1.00 bits per heavy atom. The number of allylic oxidation sites excluding steroid dienone is 11. The molecule has 3 aliphatic carbocycles. The van der Waals surface area contributed by atoms with Crippen LogP contribution in [0.15, 0.2) is 94.5 Å². The molecular weight excluding hydrogens is 368 g/mol. The lowest BCUT2D eigenvalue weighted by Gasteiger charge is -2.42. The highest BCUT2D eigenvalue weighted by atomic mass is 32.2. The molecule has 0 bridgehead atoms. The zero-order valence-electron chi connectivity index (χ0n) is 17.3. The highest BCUT2D eigenvalue weighted by Gasteiger charge is 2.38. The van der Waals surface area contributed by atoms with Gasteiger partial charge in [-0.05, 0) is 83.0 Å². The van der Waals surface area contributed by atoms with Crippen LogP contribution in [0.5, 0.6) is 0 Å². The van der Waals surface area contributed by atoms with Gasteiger partial charge in [-0.25, -0.2) is 0 Å². The van der Waals surface area contributed by atoms with Gasteiger partial charge in [0.1, 0.15) is 0 Å². The van der Waals surface area contributed by atoms with Crippen molar-refractivity contribution < 1.29 is 0 Å². The first-order chi connectivity index (χ1) is 14.3. The summed E-state index contributed by atoms with van der Waals surface area (Å²) in [4.78, 5) is 0. The molecule has 29 heavy (non-hydrogen) atoms. The van der Waals surface area contributed by atoms with Crippen LogP contribution in [0.1, 0.15) is 44.6 Å². The van der Waals surface area contributed by atoms with Gasteiger partial charge in [-0.2, -0.15) is 0 Å². The van der Waals surface area contributed by atoms with E-state index in [1.54, 1.807) is 27.9 Å². The summed E-state index contributed by atoms with van der Waals surface area (Å²) in [5, 5.41) is 2.50. The molecule has 0 saturated carbocycles. The third kappa shape index (κ3) is 3.66. The number of hydrogen-bond acceptors (Lipinski definition) is 1. The van der Waals surface area contributed by atoms with E-state index in [4.69, 9.17) is 0 Å². The molecule has 1 aromatic carbocycles. The highest BCUT2D eigenvalue weighted by Crippen LogP contribution is 2.53. The van der Waals surface area contributed by atoms with Gasteiger partial charge < -0.3 is 0 Å². The minimum atomic E-state index is 0.545. The van der Waals surface area contributed by atoms with Crippen molar-refractivity contribution in [3.8, 4) is 0 Å². The van der Waals surface area contributed by atoms with Crippen molar-refractivity contribution in [2.75, 3.05) is 5.75 Å². The van der Waals surface area contributed by atoms with Crippen LogP contribution in [-0.2, 0) is 0 Å². The van der Waals surface area contributed by atoms with Crippen LogP contribution in [-0.4, -0.2) is 5.75 Å². The monoisotopic (exact) mass is 398 g/mol. The normalized spacial score (nSPS) is 29.1. The van der Waals surface area contributed by atoms with Gasteiger partial charge in [0, 0.05) is 5.92 Å². The maximum atomic E-state index is 2.50. The summed E-state index contributed by atoms with van der Waals surface area (Å²) in [7, 11) is 0. The quantitative estimate of drug-likeness (QED) is 0.498. The number of benzene rings is 1. The molecule has 1 aliphatic heterocycles. The maximum Gasteiger partial charge on any atom is 0.00744 e. The van der Waals surface area contributed by atoms with Crippen LogP contribution >= 0.6 is 11.8 Å². The molecule has 0 fully saturated rings. The minimum absolute atomic E-state index is 0.545. The number of hydrogen-bond donors (Lipinski definition) is 0. The molecule has 0 radical (unpaired) electrons. The average Bonchev–Trinajstić information content (AvgIpc) is 2.80. The van der Waals surface area contributed by atoms with Gasteiger partial charge in [0.05, 0.1) is 0 Å². The van der Waals surface area contributed by atoms with E-state index in [1.807, 2.05) is 11.8 Å². The first-order valence-corrected chi connectivity index (χ1v) is 12.2. The molecular formula is C28H30S. The van der Waals surface area contributed by atoms with E-state index in [-0.39, 0.29) is 0 Å². The zero-order valence-corrected chi connectivity index (χ0v) is 18.1. The topological polar surface area (TPSA) is 0 Å². The van der Waals surface area contributed by atoms with Gasteiger partial charge in [0.15, 0.2) is 0 Å². The molecule has 0 aromatic heterocycles. The van der Waals surface area contributed by atoms with Crippen LogP contribution < -0.4 is 0 Å². The lowest BCUT2D eigenvalue weighted by Crippen LogP contribution is -2.29. The van der Waals surface area contributed by atoms with E-state index >= 15 is 0 Å². The van der Waals surface area contributed by atoms with Gasteiger partial charge in [-0.3, -0.25) is 0 Å². The maximum absolute atomic E-state index is 2.50. The summed E-state index contributed by atoms with van der Waals surface area (Å²) in [5.41, 5.74) is 9.37. The molecule has 0 amide bonds. The van der Waals surface area contributed by atoms with Gasteiger partial charge >= 0.3 is 0 Å². The summed E-state index contributed by atoms with van der Waals surface area (Å²) in [6, 6.07) is 11.2. The predicted octanol–water partition coefficient (Wildman–Crippen LogP) is 7.90. The van der Waals surface area contributed by atoms with Gasteiger partial charge in [0.25, 0.3) is 0 Å². The predicted molar refractivity (Wildman–Crippen MR) is 128 cm³/mol. The molecule has 3 unspecified atom stereocenters. The Balaban J connectivity index is 1.76. The molecule has 0 saturated heterocycles.